The molecule has 1 aromatic heterocycles. The molecule has 0 fully saturated rings. The zero-order valence-corrected chi connectivity index (χ0v) is 18.1. The molecule has 0 saturated heterocycles. The van der Waals surface area contributed by atoms with Crippen molar-refractivity contribution in [1.82, 2.24) is 0 Å². The molecule has 2 aromatic carbocycles. The van der Waals surface area contributed by atoms with Gasteiger partial charge >= 0.3 is 5.97 Å². The highest BCUT2D eigenvalue weighted by atomic mass is 32.2. The Hall–Kier alpha value is -4.02. The number of carbonyl (C=O) groups excluding carboxylic acids is 2. The molecule has 0 unspecified atom stereocenters. The van der Waals surface area contributed by atoms with E-state index in [0.29, 0.717) is 34.1 Å². The molecule has 1 amide bonds. The van der Waals surface area contributed by atoms with E-state index in [1.54, 1.807) is 31.2 Å². The summed E-state index contributed by atoms with van der Waals surface area (Å²) in [4.78, 5) is 24.7. The van der Waals surface area contributed by atoms with Crippen molar-refractivity contribution in [1.29, 1.82) is 0 Å². The summed E-state index contributed by atoms with van der Waals surface area (Å²) in [6.45, 7) is 1.96. The fraction of sp³-hybridized carbons (Fsp3) is 0.0870. The maximum absolute atomic E-state index is 13.0. The van der Waals surface area contributed by atoms with Crippen molar-refractivity contribution < 1.29 is 27.2 Å². The largest absolute Gasteiger partial charge is 0.457 e. The van der Waals surface area contributed by atoms with Crippen molar-refractivity contribution in [3.63, 3.8) is 0 Å². The second-order valence-electron chi connectivity index (χ2n) is 7.55. The molecule has 2 aliphatic heterocycles. The Bertz CT molecular complexity index is 1480. The number of rotatable bonds is 4. The average molecular weight is 463 g/mol. The lowest BCUT2D eigenvalue weighted by atomic mass is 10.0. The van der Waals surface area contributed by atoms with Gasteiger partial charge in [0.25, 0.3) is 5.91 Å². The second-order valence-corrected chi connectivity index (χ2v) is 9.11. The van der Waals surface area contributed by atoms with Crippen LogP contribution in [0.2, 0.25) is 0 Å². The van der Waals surface area contributed by atoms with Crippen LogP contribution in [0, 0.1) is 0 Å². The number of nitrogens with two attached hydrogens (primary N) is 1. The van der Waals surface area contributed by atoms with Gasteiger partial charge in [-0.25, -0.2) is 18.4 Å². The quantitative estimate of drug-likeness (QED) is 0.467. The Balaban J connectivity index is 1.40. The van der Waals surface area contributed by atoms with E-state index in [9.17, 15) is 18.0 Å². The standard InChI is InChI=1S/C23H17N3O6S/c1-13-19(22(27)26(25-13)16-4-7-18(8-5-16)33(24,29)30)11-17-6-9-21(32-17)14-2-3-15-12-31-23(28)20(15)10-14/h2-11H,12H2,1H3,(H2,24,29,30)/b19-11-. The van der Waals surface area contributed by atoms with Crippen LogP contribution in [0.4, 0.5) is 5.69 Å². The summed E-state index contributed by atoms with van der Waals surface area (Å²) in [5, 5.41) is 10.6. The molecule has 2 N–H and O–H groups in total. The summed E-state index contributed by atoms with van der Waals surface area (Å²) in [6.07, 6.45) is 1.59. The Morgan fingerprint density at radius 3 is 2.55 bits per heavy atom. The van der Waals surface area contributed by atoms with E-state index < -0.39 is 10.0 Å². The van der Waals surface area contributed by atoms with Gasteiger partial charge in [-0.05, 0) is 55.5 Å². The van der Waals surface area contributed by atoms with Gasteiger partial charge in [0.05, 0.1) is 27.4 Å². The van der Waals surface area contributed by atoms with Crippen LogP contribution >= 0.6 is 0 Å². The van der Waals surface area contributed by atoms with Crippen LogP contribution in [0.25, 0.3) is 17.4 Å². The minimum atomic E-state index is -3.83. The number of anilines is 1. The van der Waals surface area contributed by atoms with E-state index in [2.05, 4.69) is 5.10 Å². The van der Waals surface area contributed by atoms with Crippen LogP contribution in [0.1, 0.15) is 28.6 Å². The first kappa shape index (κ1) is 20.9. The predicted molar refractivity (Wildman–Crippen MR) is 120 cm³/mol. The van der Waals surface area contributed by atoms with Crippen LogP contribution in [0.15, 0.2) is 74.6 Å². The van der Waals surface area contributed by atoms with Crippen molar-refractivity contribution in [3.05, 3.63) is 77.1 Å². The number of nitrogens with zero attached hydrogens (tertiary/aromatic N) is 2. The molecule has 9 nitrogen and oxygen atoms in total. The Morgan fingerprint density at radius 1 is 1.06 bits per heavy atom. The molecular weight excluding hydrogens is 446 g/mol. The molecule has 5 rings (SSSR count). The number of esters is 1. The van der Waals surface area contributed by atoms with Gasteiger partial charge in [0.1, 0.15) is 18.1 Å². The third-order valence-corrected chi connectivity index (χ3v) is 6.29. The number of furan rings is 1. The summed E-state index contributed by atoms with van der Waals surface area (Å²) < 4.78 is 33.8. The fourth-order valence-corrected chi connectivity index (χ4v) is 4.15. The SMILES string of the molecule is CC1=NN(c2ccc(S(N)(=O)=O)cc2)C(=O)/C1=C\c1ccc(-c2ccc3c(c2)C(=O)OC3)o1. The van der Waals surface area contributed by atoms with Crippen LogP contribution in [0.3, 0.4) is 0 Å². The molecule has 0 aliphatic carbocycles. The van der Waals surface area contributed by atoms with Gasteiger partial charge in [-0.1, -0.05) is 12.1 Å². The number of amides is 1. The van der Waals surface area contributed by atoms with E-state index >= 15 is 0 Å². The summed E-state index contributed by atoms with van der Waals surface area (Å²) in [6, 6.07) is 14.4. The van der Waals surface area contributed by atoms with Gasteiger partial charge in [0.2, 0.25) is 10.0 Å². The Labute approximate surface area is 188 Å². The monoisotopic (exact) mass is 463 g/mol. The van der Waals surface area contributed by atoms with E-state index in [4.69, 9.17) is 14.3 Å². The molecule has 2 aliphatic rings. The van der Waals surface area contributed by atoms with Crippen LogP contribution in [-0.4, -0.2) is 26.0 Å². The van der Waals surface area contributed by atoms with Crippen molar-refractivity contribution in [3.8, 4) is 11.3 Å². The number of hydrazone groups is 1. The molecule has 3 aromatic rings. The smallest absolute Gasteiger partial charge is 0.338 e. The molecule has 0 spiro atoms. The number of sulfonamides is 1. The van der Waals surface area contributed by atoms with Crippen molar-refractivity contribution in [2.24, 2.45) is 10.2 Å². The normalized spacial score (nSPS) is 16.8. The van der Waals surface area contributed by atoms with Gasteiger partial charge in [-0.15, -0.1) is 0 Å². The topological polar surface area (TPSA) is 132 Å². The third-order valence-electron chi connectivity index (χ3n) is 5.36. The predicted octanol–water partition coefficient (Wildman–Crippen LogP) is 3.07. The van der Waals surface area contributed by atoms with E-state index in [-0.39, 0.29) is 23.4 Å². The summed E-state index contributed by atoms with van der Waals surface area (Å²) in [5.74, 6) is 0.243. The lowest BCUT2D eigenvalue weighted by Crippen LogP contribution is -2.21. The van der Waals surface area contributed by atoms with Crippen molar-refractivity contribution >= 4 is 39.4 Å². The van der Waals surface area contributed by atoms with Gasteiger partial charge in [-0.2, -0.15) is 10.1 Å². The number of hydrogen-bond donors (Lipinski definition) is 1. The van der Waals surface area contributed by atoms with Crippen LogP contribution in [0.5, 0.6) is 0 Å². The first-order chi connectivity index (χ1) is 15.7. The van der Waals surface area contributed by atoms with Gasteiger partial charge in [0.15, 0.2) is 0 Å². The maximum atomic E-state index is 13.0. The molecule has 0 radical (unpaired) electrons. The molecular formula is C23H17N3O6S. The van der Waals surface area contributed by atoms with Crippen molar-refractivity contribution in [2.45, 2.75) is 18.4 Å². The number of cyclic esters (lactones) is 1. The Morgan fingerprint density at radius 2 is 1.82 bits per heavy atom. The summed E-state index contributed by atoms with van der Waals surface area (Å²) in [5.41, 5.74) is 3.29. The minimum absolute atomic E-state index is 0.0581. The highest BCUT2D eigenvalue weighted by Crippen LogP contribution is 2.30. The Kier molecular flexibility index (Phi) is 4.76. The second kappa shape index (κ2) is 7.54. The van der Waals surface area contributed by atoms with E-state index in [0.717, 1.165) is 11.1 Å². The molecule has 0 saturated carbocycles. The molecule has 10 heteroatoms. The van der Waals surface area contributed by atoms with E-state index in [1.165, 1.54) is 29.3 Å². The molecule has 3 heterocycles. The van der Waals surface area contributed by atoms with Gasteiger partial charge in [-0.3, -0.25) is 4.79 Å². The zero-order valence-electron chi connectivity index (χ0n) is 17.3. The number of hydrogen-bond acceptors (Lipinski definition) is 7. The van der Waals surface area contributed by atoms with Gasteiger partial charge in [0, 0.05) is 11.1 Å². The minimum Gasteiger partial charge on any atom is -0.457 e. The number of benzene rings is 2. The number of ether oxygens (including phenoxy) is 1. The molecule has 0 atom stereocenters. The highest BCUT2D eigenvalue weighted by Gasteiger charge is 2.29. The molecule has 166 valence electrons. The average Bonchev–Trinajstić information content (AvgIpc) is 3.48. The van der Waals surface area contributed by atoms with Crippen molar-refractivity contribution in [2.75, 3.05) is 5.01 Å². The fourth-order valence-electron chi connectivity index (χ4n) is 3.63. The summed E-state index contributed by atoms with van der Waals surface area (Å²) in [7, 11) is -3.83. The molecule has 33 heavy (non-hydrogen) atoms. The van der Waals surface area contributed by atoms with Crippen LogP contribution in [-0.2, 0) is 26.2 Å². The van der Waals surface area contributed by atoms with E-state index in [1.807, 2.05) is 12.1 Å². The number of carbonyl (C=O) groups is 2. The highest BCUT2D eigenvalue weighted by molar-refractivity contribution is 7.89. The van der Waals surface area contributed by atoms with Gasteiger partial charge < -0.3 is 9.15 Å². The van der Waals surface area contributed by atoms with Crippen LogP contribution < -0.4 is 10.1 Å². The number of fused-ring (bicyclic) bond motifs is 1. The lowest BCUT2D eigenvalue weighted by molar-refractivity contribution is -0.114. The first-order valence-electron chi connectivity index (χ1n) is 9.85. The summed E-state index contributed by atoms with van der Waals surface area (Å²) >= 11 is 0. The number of primary sulfonamides is 1. The first-order valence-corrected chi connectivity index (χ1v) is 11.4. The maximum Gasteiger partial charge on any atom is 0.338 e. The molecule has 0 bridgehead atoms. The zero-order chi connectivity index (χ0) is 23.3. The lowest BCUT2D eigenvalue weighted by Gasteiger charge is -2.11. The third kappa shape index (κ3) is 3.75.